The van der Waals surface area contributed by atoms with Crippen LogP contribution in [-0.4, -0.2) is 39.1 Å². The SMILES string of the molecule is COc1ccc(NC(=O)C2(C)COC3(CCCCC3)OC2)cc1OC. The van der Waals surface area contributed by atoms with Gasteiger partial charge < -0.3 is 24.3 Å². The van der Waals surface area contributed by atoms with Crippen molar-refractivity contribution in [2.45, 2.75) is 44.8 Å². The van der Waals surface area contributed by atoms with Crippen molar-refractivity contribution in [1.82, 2.24) is 0 Å². The molecule has 0 radical (unpaired) electrons. The summed E-state index contributed by atoms with van der Waals surface area (Å²) in [5.74, 6) is 0.602. The summed E-state index contributed by atoms with van der Waals surface area (Å²) in [6.07, 6.45) is 5.30. The second-order valence-corrected chi connectivity index (χ2v) is 7.13. The van der Waals surface area contributed by atoms with Crippen molar-refractivity contribution in [3.05, 3.63) is 18.2 Å². The van der Waals surface area contributed by atoms with Crippen LogP contribution in [0.15, 0.2) is 18.2 Å². The molecule has 2 fully saturated rings. The van der Waals surface area contributed by atoms with Crippen LogP contribution in [0, 0.1) is 5.41 Å². The molecule has 1 spiro atoms. The van der Waals surface area contributed by atoms with E-state index < -0.39 is 11.2 Å². The summed E-state index contributed by atoms with van der Waals surface area (Å²) in [6.45, 7) is 2.61. The number of ether oxygens (including phenoxy) is 4. The molecule has 138 valence electrons. The molecule has 1 saturated carbocycles. The van der Waals surface area contributed by atoms with Gasteiger partial charge in [0.25, 0.3) is 0 Å². The van der Waals surface area contributed by atoms with E-state index in [2.05, 4.69) is 5.32 Å². The molecule has 0 aromatic heterocycles. The lowest BCUT2D eigenvalue weighted by Crippen LogP contribution is -2.53. The fourth-order valence-electron chi connectivity index (χ4n) is 3.37. The van der Waals surface area contributed by atoms with Gasteiger partial charge in [0, 0.05) is 24.6 Å². The van der Waals surface area contributed by atoms with Gasteiger partial charge in [-0.3, -0.25) is 4.79 Å². The van der Waals surface area contributed by atoms with E-state index in [0.29, 0.717) is 30.4 Å². The minimum atomic E-state index is -0.712. The minimum Gasteiger partial charge on any atom is -0.493 e. The molecule has 0 bridgehead atoms. The van der Waals surface area contributed by atoms with Crippen molar-refractivity contribution < 1.29 is 23.7 Å². The van der Waals surface area contributed by atoms with Crippen LogP contribution in [-0.2, 0) is 14.3 Å². The van der Waals surface area contributed by atoms with E-state index in [1.54, 1.807) is 32.4 Å². The summed E-state index contributed by atoms with van der Waals surface area (Å²) in [5.41, 5.74) is -0.0580. The van der Waals surface area contributed by atoms with Crippen molar-refractivity contribution in [1.29, 1.82) is 0 Å². The predicted octanol–water partition coefficient (Wildman–Crippen LogP) is 3.36. The fraction of sp³-hybridized carbons (Fsp3) is 0.632. The molecule has 1 saturated heterocycles. The number of carbonyl (C=O) groups excluding carboxylic acids is 1. The molecular weight excluding hydrogens is 322 g/mol. The number of benzene rings is 1. The molecule has 1 aliphatic heterocycles. The Balaban J connectivity index is 1.65. The molecule has 6 heteroatoms. The molecule has 3 rings (SSSR count). The van der Waals surface area contributed by atoms with Crippen LogP contribution in [0.25, 0.3) is 0 Å². The molecule has 1 aliphatic carbocycles. The lowest BCUT2D eigenvalue weighted by molar-refractivity contribution is -0.306. The Morgan fingerprint density at radius 1 is 1.04 bits per heavy atom. The highest BCUT2D eigenvalue weighted by Gasteiger charge is 2.46. The van der Waals surface area contributed by atoms with Crippen LogP contribution < -0.4 is 14.8 Å². The van der Waals surface area contributed by atoms with Crippen LogP contribution in [0.3, 0.4) is 0 Å². The average Bonchev–Trinajstić information content (AvgIpc) is 2.65. The Kier molecular flexibility index (Phi) is 5.20. The number of hydrogen-bond donors (Lipinski definition) is 1. The van der Waals surface area contributed by atoms with Crippen LogP contribution in [0.2, 0.25) is 0 Å². The summed E-state index contributed by atoms with van der Waals surface area (Å²) in [4.78, 5) is 12.8. The third-order valence-corrected chi connectivity index (χ3v) is 5.11. The quantitative estimate of drug-likeness (QED) is 0.903. The zero-order valence-corrected chi connectivity index (χ0v) is 15.2. The van der Waals surface area contributed by atoms with Crippen molar-refractivity contribution in [3.8, 4) is 11.5 Å². The first-order valence-corrected chi connectivity index (χ1v) is 8.82. The lowest BCUT2D eigenvalue weighted by Gasteiger charge is -2.45. The molecule has 0 atom stereocenters. The molecule has 0 unspecified atom stereocenters. The first kappa shape index (κ1) is 18.0. The molecule has 1 aromatic carbocycles. The monoisotopic (exact) mass is 349 g/mol. The largest absolute Gasteiger partial charge is 0.493 e. The molecule has 1 N–H and O–H groups in total. The maximum absolute atomic E-state index is 12.8. The second-order valence-electron chi connectivity index (χ2n) is 7.13. The van der Waals surface area contributed by atoms with Crippen molar-refractivity contribution in [3.63, 3.8) is 0 Å². The van der Waals surface area contributed by atoms with E-state index >= 15 is 0 Å². The normalized spacial score (nSPS) is 21.6. The topological polar surface area (TPSA) is 66.0 Å². The van der Waals surface area contributed by atoms with Gasteiger partial charge in [-0.1, -0.05) is 6.42 Å². The first-order chi connectivity index (χ1) is 12.0. The number of nitrogens with one attached hydrogen (secondary N) is 1. The van der Waals surface area contributed by atoms with E-state index in [0.717, 1.165) is 25.7 Å². The van der Waals surface area contributed by atoms with Gasteiger partial charge in [0.1, 0.15) is 0 Å². The number of rotatable bonds is 4. The zero-order chi connectivity index (χ0) is 17.9. The van der Waals surface area contributed by atoms with Crippen molar-refractivity contribution in [2.24, 2.45) is 5.41 Å². The van der Waals surface area contributed by atoms with E-state index in [9.17, 15) is 4.79 Å². The van der Waals surface area contributed by atoms with Crippen molar-refractivity contribution in [2.75, 3.05) is 32.8 Å². The molecule has 2 aliphatic rings. The lowest BCUT2D eigenvalue weighted by atomic mass is 9.87. The summed E-state index contributed by atoms with van der Waals surface area (Å²) >= 11 is 0. The van der Waals surface area contributed by atoms with Crippen LogP contribution in [0.1, 0.15) is 39.0 Å². The molecule has 1 amide bonds. The zero-order valence-electron chi connectivity index (χ0n) is 15.2. The van der Waals surface area contributed by atoms with E-state index in [1.165, 1.54) is 6.42 Å². The van der Waals surface area contributed by atoms with Gasteiger partial charge in [-0.25, -0.2) is 0 Å². The Morgan fingerprint density at radius 3 is 2.28 bits per heavy atom. The van der Waals surface area contributed by atoms with Crippen LogP contribution in [0.4, 0.5) is 5.69 Å². The average molecular weight is 349 g/mol. The molecular formula is C19H27NO5. The van der Waals surface area contributed by atoms with Gasteiger partial charge >= 0.3 is 0 Å². The molecule has 1 aromatic rings. The third kappa shape index (κ3) is 3.75. The van der Waals surface area contributed by atoms with Gasteiger partial charge in [0.15, 0.2) is 17.3 Å². The summed E-state index contributed by atoms with van der Waals surface area (Å²) < 4.78 is 22.6. The summed E-state index contributed by atoms with van der Waals surface area (Å²) in [7, 11) is 3.14. The third-order valence-electron chi connectivity index (χ3n) is 5.11. The van der Waals surface area contributed by atoms with Gasteiger partial charge in [-0.05, 0) is 31.9 Å². The van der Waals surface area contributed by atoms with E-state index in [4.69, 9.17) is 18.9 Å². The first-order valence-electron chi connectivity index (χ1n) is 8.82. The standard InChI is InChI=1S/C19H27NO5/c1-18(12-24-19(25-13-18)9-5-4-6-10-19)17(21)20-14-7-8-15(22-2)16(11-14)23-3/h7-8,11H,4-6,9-10,12-13H2,1-3H3,(H,20,21). The maximum Gasteiger partial charge on any atom is 0.235 e. The highest BCUT2D eigenvalue weighted by molar-refractivity contribution is 5.95. The van der Waals surface area contributed by atoms with E-state index in [-0.39, 0.29) is 5.91 Å². The number of carbonyl (C=O) groups is 1. The Hall–Kier alpha value is -1.79. The summed E-state index contributed by atoms with van der Waals surface area (Å²) in [6, 6.07) is 5.30. The van der Waals surface area contributed by atoms with Gasteiger partial charge in [-0.2, -0.15) is 0 Å². The smallest absolute Gasteiger partial charge is 0.235 e. The van der Waals surface area contributed by atoms with E-state index in [1.807, 2.05) is 6.92 Å². The number of amides is 1. The molecule has 25 heavy (non-hydrogen) atoms. The molecule has 1 heterocycles. The molecule has 6 nitrogen and oxygen atoms in total. The Bertz CT molecular complexity index is 614. The van der Waals surface area contributed by atoms with Gasteiger partial charge in [-0.15, -0.1) is 0 Å². The van der Waals surface area contributed by atoms with Gasteiger partial charge in [0.05, 0.1) is 32.8 Å². The number of methoxy groups -OCH3 is 2. The number of hydrogen-bond acceptors (Lipinski definition) is 5. The van der Waals surface area contributed by atoms with Crippen LogP contribution in [0.5, 0.6) is 11.5 Å². The second kappa shape index (κ2) is 7.22. The summed E-state index contributed by atoms with van der Waals surface area (Å²) in [5, 5.41) is 2.94. The fourth-order valence-corrected chi connectivity index (χ4v) is 3.37. The predicted molar refractivity (Wildman–Crippen MR) is 94.0 cm³/mol. The highest BCUT2D eigenvalue weighted by atomic mass is 16.7. The minimum absolute atomic E-state index is 0.120. The van der Waals surface area contributed by atoms with Crippen molar-refractivity contribution >= 4 is 11.6 Å². The Labute approximate surface area is 148 Å². The highest BCUT2D eigenvalue weighted by Crippen LogP contribution is 2.40. The Morgan fingerprint density at radius 2 is 1.68 bits per heavy atom. The van der Waals surface area contributed by atoms with Crippen LogP contribution >= 0.6 is 0 Å². The maximum atomic E-state index is 12.8. The van der Waals surface area contributed by atoms with Gasteiger partial charge in [0.2, 0.25) is 5.91 Å². The number of anilines is 1.